The van der Waals surface area contributed by atoms with Gasteiger partial charge in [0.05, 0.1) is 12.2 Å². The highest BCUT2D eigenvalue weighted by Crippen LogP contribution is 2.28. The lowest BCUT2D eigenvalue weighted by Crippen LogP contribution is -2.07. The van der Waals surface area contributed by atoms with Crippen LogP contribution in [0.15, 0.2) is 24.3 Å². The second-order valence-corrected chi connectivity index (χ2v) is 3.98. The molecule has 1 aliphatic rings. The molecule has 3 N–H and O–H groups in total. The lowest BCUT2D eigenvalue weighted by atomic mass is 10.1. The highest BCUT2D eigenvalue weighted by Gasteiger charge is 2.23. The smallest absolute Gasteiger partial charge is 0.120 e. The molecular formula is C12H17NO2. The Morgan fingerprint density at radius 2 is 2.27 bits per heavy atom. The molecule has 1 unspecified atom stereocenters. The molecule has 1 aromatic rings. The van der Waals surface area contributed by atoms with Crippen LogP contribution in [0.1, 0.15) is 30.9 Å². The van der Waals surface area contributed by atoms with Gasteiger partial charge in [0.2, 0.25) is 0 Å². The van der Waals surface area contributed by atoms with Gasteiger partial charge in [0.15, 0.2) is 0 Å². The molecule has 3 heteroatoms. The zero-order valence-electron chi connectivity index (χ0n) is 8.73. The fourth-order valence-corrected chi connectivity index (χ4v) is 1.50. The molecule has 1 saturated carbocycles. The predicted octanol–water partition coefficient (Wildman–Crippen LogP) is 1.61. The Labute approximate surface area is 89.9 Å². The van der Waals surface area contributed by atoms with E-state index in [1.165, 1.54) is 0 Å². The molecule has 0 amide bonds. The summed E-state index contributed by atoms with van der Waals surface area (Å²) in [7, 11) is 0. The Hall–Kier alpha value is -1.06. The van der Waals surface area contributed by atoms with Crippen molar-refractivity contribution in [1.29, 1.82) is 0 Å². The number of hydrogen-bond donors (Lipinski definition) is 2. The maximum atomic E-state index is 9.76. The second-order valence-electron chi connectivity index (χ2n) is 3.98. The molecule has 0 spiro atoms. The standard InChI is InChI=1S/C12H17NO2/c13-7-6-12(14)9-2-1-3-11(8-9)15-10-4-5-10/h1-3,8,10,12,14H,4-7,13H2. The molecule has 2 rings (SSSR count). The van der Waals surface area contributed by atoms with Crippen molar-refractivity contribution >= 4 is 0 Å². The number of benzene rings is 1. The summed E-state index contributed by atoms with van der Waals surface area (Å²) in [5.41, 5.74) is 6.29. The number of hydrogen-bond acceptors (Lipinski definition) is 3. The fraction of sp³-hybridized carbons (Fsp3) is 0.500. The van der Waals surface area contributed by atoms with E-state index in [2.05, 4.69) is 0 Å². The van der Waals surface area contributed by atoms with E-state index in [-0.39, 0.29) is 0 Å². The summed E-state index contributed by atoms with van der Waals surface area (Å²) >= 11 is 0. The molecule has 1 fully saturated rings. The summed E-state index contributed by atoms with van der Waals surface area (Å²) in [4.78, 5) is 0. The molecule has 0 heterocycles. The lowest BCUT2D eigenvalue weighted by molar-refractivity contribution is 0.169. The van der Waals surface area contributed by atoms with Crippen molar-refractivity contribution < 1.29 is 9.84 Å². The highest BCUT2D eigenvalue weighted by atomic mass is 16.5. The third-order valence-electron chi connectivity index (χ3n) is 2.51. The molecular weight excluding hydrogens is 190 g/mol. The molecule has 1 aliphatic carbocycles. The molecule has 82 valence electrons. The van der Waals surface area contributed by atoms with Gasteiger partial charge in [0.1, 0.15) is 5.75 Å². The number of rotatable bonds is 5. The van der Waals surface area contributed by atoms with Crippen molar-refractivity contribution in [3.8, 4) is 5.75 Å². The second kappa shape index (κ2) is 4.64. The van der Waals surface area contributed by atoms with Crippen molar-refractivity contribution in [2.75, 3.05) is 6.54 Å². The van der Waals surface area contributed by atoms with Crippen molar-refractivity contribution in [2.45, 2.75) is 31.5 Å². The topological polar surface area (TPSA) is 55.5 Å². The van der Waals surface area contributed by atoms with E-state index in [4.69, 9.17) is 10.5 Å². The molecule has 3 nitrogen and oxygen atoms in total. The highest BCUT2D eigenvalue weighted by molar-refractivity contribution is 5.30. The minimum atomic E-state index is -0.474. The van der Waals surface area contributed by atoms with E-state index in [9.17, 15) is 5.11 Å². The lowest BCUT2D eigenvalue weighted by Gasteiger charge is -2.11. The van der Waals surface area contributed by atoms with Crippen LogP contribution in [0.3, 0.4) is 0 Å². The maximum absolute atomic E-state index is 9.76. The quantitative estimate of drug-likeness (QED) is 0.771. The van der Waals surface area contributed by atoms with Gasteiger partial charge in [-0.1, -0.05) is 12.1 Å². The SMILES string of the molecule is NCCC(O)c1cccc(OC2CC2)c1. The summed E-state index contributed by atoms with van der Waals surface area (Å²) in [5.74, 6) is 0.853. The zero-order valence-corrected chi connectivity index (χ0v) is 8.73. The molecule has 0 aromatic heterocycles. The van der Waals surface area contributed by atoms with E-state index in [1.807, 2.05) is 24.3 Å². The van der Waals surface area contributed by atoms with Gasteiger partial charge in [-0.3, -0.25) is 0 Å². The first kappa shape index (κ1) is 10.5. The van der Waals surface area contributed by atoms with Gasteiger partial charge in [-0.2, -0.15) is 0 Å². The summed E-state index contributed by atoms with van der Waals surface area (Å²) in [6.45, 7) is 0.495. The van der Waals surface area contributed by atoms with Crippen LogP contribution in [0, 0.1) is 0 Å². The molecule has 0 radical (unpaired) electrons. The van der Waals surface area contributed by atoms with Crippen LogP contribution in [0.5, 0.6) is 5.75 Å². The van der Waals surface area contributed by atoms with Gasteiger partial charge in [-0.05, 0) is 43.5 Å². The molecule has 0 bridgehead atoms. The van der Waals surface area contributed by atoms with Crippen LogP contribution in [-0.2, 0) is 0 Å². The minimum Gasteiger partial charge on any atom is -0.490 e. The fourth-order valence-electron chi connectivity index (χ4n) is 1.50. The van der Waals surface area contributed by atoms with Gasteiger partial charge in [0, 0.05) is 0 Å². The van der Waals surface area contributed by atoms with Crippen molar-refractivity contribution in [3.05, 3.63) is 29.8 Å². The number of nitrogens with two attached hydrogens (primary N) is 1. The van der Waals surface area contributed by atoms with E-state index in [1.54, 1.807) is 0 Å². The molecule has 0 aliphatic heterocycles. The monoisotopic (exact) mass is 207 g/mol. The van der Waals surface area contributed by atoms with Crippen molar-refractivity contribution in [2.24, 2.45) is 5.73 Å². The van der Waals surface area contributed by atoms with Crippen molar-refractivity contribution in [1.82, 2.24) is 0 Å². The molecule has 1 atom stereocenters. The Balaban J connectivity index is 2.03. The summed E-state index contributed by atoms with van der Waals surface area (Å²) in [6, 6.07) is 7.64. The molecule has 1 aromatic carbocycles. The molecule has 0 saturated heterocycles. The normalized spacial score (nSPS) is 17.5. The average molecular weight is 207 g/mol. The van der Waals surface area contributed by atoms with Crippen LogP contribution in [-0.4, -0.2) is 17.8 Å². The van der Waals surface area contributed by atoms with Gasteiger partial charge in [-0.15, -0.1) is 0 Å². The zero-order chi connectivity index (χ0) is 10.7. The third kappa shape index (κ3) is 2.94. The van der Waals surface area contributed by atoms with E-state index < -0.39 is 6.10 Å². The van der Waals surface area contributed by atoms with Crippen LogP contribution in [0.4, 0.5) is 0 Å². The van der Waals surface area contributed by atoms with Gasteiger partial charge in [-0.25, -0.2) is 0 Å². The number of aliphatic hydroxyl groups is 1. The van der Waals surface area contributed by atoms with Crippen LogP contribution < -0.4 is 10.5 Å². The third-order valence-corrected chi connectivity index (χ3v) is 2.51. The van der Waals surface area contributed by atoms with Crippen LogP contribution >= 0.6 is 0 Å². The Bertz CT molecular complexity index is 323. The average Bonchev–Trinajstić information content (AvgIpc) is 3.03. The Morgan fingerprint density at radius 3 is 2.93 bits per heavy atom. The predicted molar refractivity (Wildman–Crippen MR) is 58.7 cm³/mol. The van der Waals surface area contributed by atoms with Gasteiger partial charge >= 0.3 is 0 Å². The van der Waals surface area contributed by atoms with E-state index in [0.29, 0.717) is 19.1 Å². The van der Waals surface area contributed by atoms with Crippen LogP contribution in [0.2, 0.25) is 0 Å². The minimum absolute atomic E-state index is 0.395. The Kier molecular flexibility index (Phi) is 3.23. The van der Waals surface area contributed by atoms with E-state index in [0.717, 1.165) is 24.2 Å². The Morgan fingerprint density at radius 1 is 1.47 bits per heavy atom. The molecule has 15 heavy (non-hydrogen) atoms. The summed E-state index contributed by atoms with van der Waals surface area (Å²) in [5, 5.41) is 9.76. The first-order valence-corrected chi connectivity index (χ1v) is 5.44. The first-order chi connectivity index (χ1) is 7.29. The largest absolute Gasteiger partial charge is 0.490 e. The number of ether oxygens (including phenoxy) is 1. The summed E-state index contributed by atoms with van der Waals surface area (Å²) in [6.07, 6.45) is 2.81. The summed E-state index contributed by atoms with van der Waals surface area (Å²) < 4.78 is 5.65. The van der Waals surface area contributed by atoms with Crippen LogP contribution in [0.25, 0.3) is 0 Å². The maximum Gasteiger partial charge on any atom is 0.120 e. The number of aliphatic hydroxyl groups excluding tert-OH is 1. The van der Waals surface area contributed by atoms with E-state index >= 15 is 0 Å². The van der Waals surface area contributed by atoms with Gasteiger partial charge < -0.3 is 15.6 Å². The van der Waals surface area contributed by atoms with Gasteiger partial charge in [0.25, 0.3) is 0 Å². The van der Waals surface area contributed by atoms with Crippen molar-refractivity contribution in [3.63, 3.8) is 0 Å². The first-order valence-electron chi connectivity index (χ1n) is 5.44.